The molecular formula is C10H9IO2. The standard InChI is InChI=1S/C10H9IO2/c1-7(12)10(11)6-8-2-4-9(13)5-3-8/h2-6,13H,1H3/b10-6-. The number of Topliss-reactive ketones (excluding diaryl/α,β-unsaturated/α-hetero) is 1. The Morgan fingerprint density at radius 3 is 2.38 bits per heavy atom. The maximum atomic E-state index is 10.9. The SMILES string of the molecule is CC(=O)/C(I)=C/c1ccc(O)cc1. The summed E-state index contributed by atoms with van der Waals surface area (Å²) in [5, 5.41) is 9.01. The average Bonchev–Trinajstić information content (AvgIpc) is 2.08. The third-order valence-corrected chi connectivity index (χ3v) is 2.59. The van der Waals surface area contributed by atoms with E-state index in [1.165, 1.54) is 6.92 Å². The van der Waals surface area contributed by atoms with Crippen LogP contribution in [-0.2, 0) is 4.79 Å². The van der Waals surface area contributed by atoms with Gasteiger partial charge in [0, 0.05) is 0 Å². The second-order valence-corrected chi connectivity index (χ2v) is 3.80. The minimum Gasteiger partial charge on any atom is -0.508 e. The second-order valence-electron chi connectivity index (χ2n) is 2.64. The number of hydrogen-bond donors (Lipinski definition) is 1. The minimum atomic E-state index is 0.0497. The van der Waals surface area contributed by atoms with Gasteiger partial charge in [0.2, 0.25) is 0 Å². The molecule has 0 aliphatic carbocycles. The lowest BCUT2D eigenvalue weighted by atomic mass is 10.2. The molecule has 0 spiro atoms. The van der Waals surface area contributed by atoms with Crippen LogP contribution in [0.25, 0.3) is 6.08 Å². The van der Waals surface area contributed by atoms with Crippen LogP contribution < -0.4 is 0 Å². The van der Waals surface area contributed by atoms with E-state index in [0.717, 1.165) is 5.56 Å². The Balaban J connectivity index is 2.92. The molecule has 0 radical (unpaired) electrons. The summed E-state index contributed by atoms with van der Waals surface area (Å²) >= 11 is 1.99. The summed E-state index contributed by atoms with van der Waals surface area (Å²) in [7, 11) is 0. The molecule has 0 aromatic heterocycles. The maximum Gasteiger partial charge on any atom is 0.165 e. The number of benzene rings is 1. The fraction of sp³-hybridized carbons (Fsp3) is 0.100. The Labute approximate surface area is 90.4 Å². The summed E-state index contributed by atoms with van der Waals surface area (Å²) in [6, 6.07) is 6.71. The molecule has 0 saturated heterocycles. The summed E-state index contributed by atoms with van der Waals surface area (Å²) < 4.78 is 0.684. The summed E-state index contributed by atoms with van der Waals surface area (Å²) in [5.41, 5.74) is 0.914. The summed E-state index contributed by atoms with van der Waals surface area (Å²) in [6.45, 7) is 1.53. The van der Waals surface area contributed by atoms with Crippen molar-refractivity contribution in [3.05, 3.63) is 33.4 Å². The topological polar surface area (TPSA) is 37.3 Å². The Kier molecular flexibility index (Phi) is 3.48. The van der Waals surface area contributed by atoms with Crippen molar-refractivity contribution in [2.75, 3.05) is 0 Å². The number of allylic oxidation sites excluding steroid dienone is 1. The van der Waals surface area contributed by atoms with Crippen LogP contribution in [0.4, 0.5) is 0 Å². The zero-order valence-electron chi connectivity index (χ0n) is 7.12. The van der Waals surface area contributed by atoms with E-state index in [1.807, 2.05) is 22.6 Å². The van der Waals surface area contributed by atoms with Crippen LogP contribution in [0.5, 0.6) is 5.75 Å². The lowest BCUT2D eigenvalue weighted by molar-refractivity contribution is -0.112. The molecule has 1 N–H and O–H groups in total. The molecule has 0 bridgehead atoms. The van der Waals surface area contributed by atoms with E-state index in [0.29, 0.717) is 3.58 Å². The number of hydrogen-bond acceptors (Lipinski definition) is 2. The van der Waals surface area contributed by atoms with Gasteiger partial charge in [0.25, 0.3) is 0 Å². The monoisotopic (exact) mass is 288 g/mol. The molecule has 0 atom stereocenters. The Hall–Kier alpha value is -0.840. The molecule has 1 aromatic carbocycles. The van der Waals surface area contributed by atoms with Crippen molar-refractivity contribution in [2.24, 2.45) is 0 Å². The Morgan fingerprint density at radius 2 is 1.92 bits per heavy atom. The third kappa shape index (κ3) is 3.18. The third-order valence-electron chi connectivity index (χ3n) is 1.52. The summed E-state index contributed by atoms with van der Waals surface area (Å²) in [6.07, 6.45) is 1.78. The van der Waals surface area contributed by atoms with Gasteiger partial charge in [-0.25, -0.2) is 0 Å². The maximum absolute atomic E-state index is 10.9. The van der Waals surface area contributed by atoms with Gasteiger partial charge in [-0.2, -0.15) is 0 Å². The zero-order chi connectivity index (χ0) is 9.84. The van der Waals surface area contributed by atoms with Crippen molar-refractivity contribution in [3.63, 3.8) is 0 Å². The first-order chi connectivity index (χ1) is 6.09. The number of phenolic OH excluding ortho intramolecular Hbond substituents is 1. The van der Waals surface area contributed by atoms with Crippen LogP contribution in [0, 0.1) is 0 Å². The van der Waals surface area contributed by atoms with Crippen LogP contribution in [0.1, 0.15) is 12.5 Å². The number of halogens is 1. The smallest absolute Gasteiger partial charge is 0.165 e. The molecule has 1 aromatic rings. The number of ketones is 1. The molecular weight excluding hydrogens is 279 g/mol. The number of carbonyl (C=O) groups is 1. The van der Waals surface area contributed by atoms with Gasteiger partial charge in [-0.15, -0.1) is 0 Å². The normalized spacial score (nSPS) is 11.4. The van der Waals surface area contributed by atoms with Crippen LogP contribution in [0.3, 0.4) is 0 Å². The Morgan fingerprint density at radius 1 is 1.38 bits per heavy atom. The number of carbonyl (C=O) groups excluding carboxylic acids is 1. The average molecular weight is 288 g/mol. The predicted molar refractivity (Wildman–Crippen MR) is 60.8 cm³/mol. The minimum absolute atomic E-state index is 0.0497. The molecule has 0 aliphatic rings. The van der Waals surface area contributed by atoms with E-state index in [9.17, 15) is 4.79 Å². The first-order valence-electron chi connectivity index (χ1n) is 3.77. The van der Waals surface area contributed by atoms with Crippen molar-refractivity contribution in [2.45, 2.75) is 6.92 Å². The zero-order valence-corrected chi connectivity index (χ0v) is 9.28. The highest BCUT2D eigenvalue weighted by molar-refractivity contribution is 14.1. The molecule has 1 rings (SSSR count). The van der Waals surface area contributed by atoms with Crippen LogP contribution in [0.15, 0.2) is 27.8 Å². The van der Waals surface area contributed by atoms with Gasteiger partial charge in [-0.3, -0.25) is 4.79 Å². The highest BCUT2D eigenvalue weighted by Gasteiger charge is 1.97. The molecule has 0 unspecified atom stereocenters. The summed E-state index contributed by atoms with van der Waals surface area (Å²) in [4.78, 5) is 10.9. The summed E-state index contributed by atoms with van der Waals surface area (Å²) in [5.74, 6) is 0.281. The molecule has 3 heteroatoms. The number of rotatable bonds is 2. The first-order valence-corrected chi connectivity index (χ1v) is 4.84. The molecule has 2 nitrogen and oxygen atoms in total. The second kappa shape index (κ2) is 4.41. The van der Waals surface area contributed by atoms with Gasteiger partial charge in [-0.1, -0.05) is 12.1 Å². The molecule has 0 amide bonds. The van der Waals surface area contributed by atoms with Crippen molar-refractivity contribution in [1.82, 2.24) is 0 Å². The van der Waals surface area contributed by atoms with Crippen LogP contribution in [-0.4, -0.2) is 10.9 Å². The molecule has 0 saturated carbocycles. The lowest BCUT2D eigenvalue weighted by Gasteiger charge is -1.95. The first kappa shape index (κ1) is 10.2. The lowest BCUT2D eigenvalue weighted by Crippen LogP contribution is -1.87. The van der Waals surface area contributed by atoms with E-state index in [4.69, 9.17) is 5.11 Å². The number of phenols is 1. The fourth-order valence-corrected chi connectivity index (χ4v) is 1.18. The largest absolute Gasteiger partial charge is 0.508 e. The number of aromatic hydroxyl groups is 1. The van der Waals surface area contributed by atoms with Gasteiger partial charge in [0.05, 0.1) is 3.58 Å². The van der Waals surface area contributed by atoms with Crippen LogP contribution >= 0.6 is 22.6 Å². The van der Waals surface area contributed by atoms with Crippen molar-refractivity contribution in [1.29, 1.82) is 0 Å². The van der Waals surface area contributed by atoms with Crippen LogP contribution in [0.2, 0.25) is 0 Å². The van der Waals surface area contributed by atoms with Crippen molar-refractivity contribution >= 4 is 34.5 Å². The van der Waals surface area contributed by atoms with Gasteiger partial charge in [0.15, 0.2) is 5.78 Å². The van der Waals surface area contributed by atoms with Gasteiger partial charge in [0.1, 0.15) is 5.75 Å². The van der Waals surface area contributed by atoms with Gasteiger partial charge in [-0.05, 0) is 53.3 Å². The van der Waals surface area contributed by atoms with E-state index in [1.54, 1.807) is 30.3 Å². The molecule has 13 heavy (non-hydrogen) atoms. The highest BCUT2D eigenvalue weighted by Crippen LogP contribution is 2.16. The fourth-order valence-electron chi connectivity index (χ4n) is 0.819. The van der Waals surface area contributed by atoms with E-state index < -0.39 is 0 Å². The molecule has 0 heterocycles. The molecule has 68 valence electrons. The van der Waals surface area contributed by atoms with E-state index >= 15 is 0 Å². The predicted octanol–water partition coefficient (Wildman–Crippen LogP) is 2.76. The van der Waals surface area contributed by atoms with Crippen molar-refractivity contribution in [3.8, 4) is 5.75 Å². The molecule has 0 aliphatic heterocycles. The van der Waals surface area contributed by atoms with E-state index in [-0.39, 0.29) is 11.5 Å². The van der Waals surface area contributed by atoms with Gasteiger partial charge < -0.3 is 5.11 Å². The van der Waals surface area contributed by atoms with E-state index in [2.05, 4.69) is 0 Å². The highest BCUT2D eigenvalue weighted by atomic mass is 127. The Bertz CT molecular complexity index is 338. The molecule has 0 fully saturated rings. The van der Waals surface area contributed by atoms with Gasteiger partial charge >= 0.3 is 0 Å². The quantitative estimate of drug-likeness (QED) is 0.671. The van der Waals surface area contributed by atoms with Crippen molar-refractivity contribution < 1.29 is 9.90 Å².